The van der Waals surface area contributed by atoms with Crippen LogP contribution in [0.4, 0.5) is 5.82 Å². The minimum atomic E-state index is -0.481. The number of benzene rings is 1. The first kappa shape index (κ1) is 18.7. The standard InChI is InChI=1S/C21H19N5O3/c22-11-14-1-3-15(4-2-14)12-24-21(28)19-20(27)16-5-6-18(25-17(16)13-23-19)26-7-9-29-10-8-26/h1-6,13,27H,7-10,12H2,(H,24,28). The lowest BCUT2D eigenvalue weighted by Gasteiger charge is -2.27. The number of amides is 1. The van der Waals surface area contributed by atoms with E-state index in [4.69, 9.17) is 10.00 Å². The van der Waals surface area contributed by atoms with Crippen molar-refractivity contribution in [3.05, 3.63) is 59.4 Å². The minimum Gasteiger partial charge on any atom is -0.505 e. The van der Waals surface area contributed by atoms with Crippen LogP contribution in [0, 0.1) is 11.3 Å². The lowest BCUT2D eigenvalue weighted by molar-refractivity contribution is 0.0943. The second-order valence-corrected chi connectivity index (χ2v) is 6.65. The topological polar surface area (TPSA) is 111 Å². The summed E-state index contributed by atoms with van der Waals surface area (Å²) in [5.74, 6) is 0.117. The van der Waals surface area contributed by atoms with Gasteiger partial charge < -0.3 is 20.1 Å². The Morgan fingerprint density at radius 2 is 1.97 bits per heavy atom. The molecule has 2 N–H and O–H groups in total. The third kappa shape index (κ3) is 3.95. The number of aromatic hydroxyl groups is 1. The molecule has 8 heteroatoms. The molecule has 1 saturated heterocycles. The zero-order valence-electron chi connectivity index (χ0n) is 15.6. The number of rotatable bonds is 4. The average Bonchev–Trinajstić information content (AvgIpc) is 2.78. The minimum absolute atomic E-state index is 0.0490. The van der Waals surface area contributed by atoms with Gasteiger partial charge >= 0.3 is 0 Å². The summed E-state index contributed by atoms with van der Waals surface area (Å²) >= 11 is 0. The largest absolute Gasteiger partial charge is 0.505 e. The Balaban J connectivity index is 1.51. The Labute approximate surface area is 167 Å². The van der Waals surface area contributed by atoms with E-state index in [-0.39, 0.29) is 18.0 Å². The fourth-order valence-corrected chi connectivity index (χ4v) is 3.18. The molecule has 1 amide bonds. The van der Waals surface area contributed by atoms with Crippen molar-refractivity contribution in [3.63, 3.8) is 0 Å². The molecule has 0 saturated carbocycles. The third-order valence-electron chi connectivity index (χ3n) is 4.79. The predicted octanol–water partition coefficient (Wildman–Crippen LogP) is 1.97. The highest BCUT2D eigenvalue weighted by Crippen LogP contribution is 2.28. The lowest BCUT2D eigenvalue weighted by atomic mass is 10.1. The van der Waals surface area contributed by atoms with Gasteiger partial charge in [0.15, 0.2) is 11.4 Å². The summed E-state index contributed by atoms with van der Waals surface area (Å²) in [4.78, 5) is 23.3. The molecule has 146 valence electrons. The maximum absolute atomic E-state index is 12.5. The molecule has 29 heavy (non-hydrogen) atoms. The fourth-order valence-electron chi connectivity index (χ4n) is 3.18. The molecule has 3 aromatic rings. The number of fused-ring (bicyclic) bond motifs is 1. The van der Waals surface area contributed by atoms with Gasteiger partial charge in [-0.3, -0.25) is 4.79 Å². The Morgan fingerprint density at radius 3 is 2.69 bits per heavy atom. The monoisotopic (exact) mass is 389 g/mol. The van der Waals surface area contributed by atoms with E-state index in [2.05, 4.69) is 20.2 Å². The van der Waals surface area contributed by atoms with Crippen molar-refractivity contribution in [1.82, 2.24) is 15.3 Å². The van der Waals surface area contributed by atoms with E-state index < -0.39 is 5.91 Å². The van der Waals surface area contributed by atoms with Crippen LogP contribution in [0.2, 0.25) is 0 Å². The molecule has 3 heterocycles. The van der Waals surface area contributed by atoms with E-state index in [0.717, 1.165) is 24.5 Å². The van der Waals surface area contributed by atoms with Gasteiger partial charge in [-0.2, -0.15) is 5.26 Å². The van der Waals surface area contributed by atoms with Crippen molar-refractivity contribution < 1.29 is 14.6 Å². The normalized spacial score (nSPS) is 13.8. The van der Waals surface area contributed by atoms with Crippen molar-refractivity contribution in [2.75, 3.05) is 31.2 Å². The average molecular weight is 389 g/mol. The van der Waals surface area contributed by atoms with Crippen molar-refractivity contribution >= 4 is 22.6 Å². The van der Waals surface area contributed by atoms with E-state index in [1.807, 2.05) is 12.1 Å². The number of aromatic nitrogens is 2. The number of nitrogens with one attached hydrogen (secondary N) is 1. The first-order chi connectivity index (χ1) is 14.2. The number of ether oxygens (including phenoxy) is 1. The molecular weight excluding hydrogens is 370 g/mol. The molecule has 4 rings (SSSR count). The van der Waals surface area contributed by atoms with Gasteiger partial charge in [0.05, 0.1) is 36.6 Å². The van der Waals surface area contributed by atoms with Gasteiger partial charge in [0.1, 0.15) is 5.82 Å². The van der Waals surface area contributed by atoms with Crippen LogP contribution in [0.3, 0.4) is 0 Å². The second-order valence-electron chi connectivity index (χ2n) is 6.65. The van der Waals surface area contributed by atoms with Gasteiger partial charge in [-0.1, -0.05) is 12.1 Å². The highest BCUT2D eigenvalue weighted by atomic mass is 16.5. The number of morpholine rings is 1. The number of nitriles is 1. The number of carbonyl (C=O) groups excluding carboxylic acids is 1. The first-order valence-corrected chi connectivity index (χ1v) is 9.24. The van der Waals surface area contributed by atoms with Crippen LogP contribution in [0.5, 0.6) is 5.75 Å². The Bertz CT molecular complexity index is 1090. The molecule has 0 bridgehead atoms. The van der Waals surface area contributed by atoms with Crippen LogP contribution >= 0.6 is 0 Å². The molecule has 1 aliphatic rings. The van der Waals surface area contributed by atoms with Gasteiger partial charge in [-0.25, -0.2) is 9.97 Å². The molecule has 0 atom stereocenters. The van der Waals surface area contributed by atoms with Crippen LogP contribution in [0.1, 0.15) is 21.6 Å². The van der Waals surface area contributed by atoms with E-state index in [1.54, 1.807) is 30.3 Å². The van der Waals surface area contributed by atoms with Crippen LogP contribution < -0.4 is 10.2 Å². The summed E-state index contributed by atoms with van der Waals surface area (Å²) in [6, 6.07) is 12.5. The molecule has 2 aromatic heterocycles. The van der Waals surface area contributed by atoms with Gasteiger partial charge in [0.2, 0.25) is 0 Å². The predicted molar refractivity (Wildman–Crippen MR) is 107 cm³/mol. The number of pyridine rings is 2. The van der Waals surface area contributed by atoms with Crippen LogP contribution in [0.25, 0.3) is 10.9 Å². The van der Waals surface area contributed by atoms with E-state index in [9.17, 15) is 9.90 Å². The summed E-state index contributed by atoms with van der Waals surface area (Å²) in [6.07, 6.45) is 1.50. The number of nitrogens with zero attached hydrogens (tertiary/aromatic N) is 4. The summed E-state index contributed by atoms with van der Waals surface area (Å²) in [5, 5.41) is 22.6. The van der Waals surface area contributed by atoms with Gasteiger partial charge in [-0.15, -0.1) is 0 Å². The van der Waals surface area contributed by atoms with Gasteiger partial charge in [0, 0.05) is 25.0 Å². The Morgan fingerprint density at radius 1 is 1.21 bits per heavy atom. The number of carbonyl (C=O) groups is 1. The molecule has 0 radical (unpaired) electrons. The number of anilines is 1. The van der Waals surface area contributed by atoms with E-state index in [0.29, 0.717) is 29.7 Å². The second kappa shape index (κ2) is 8.12. The van der Waals surface area contributed by atoms with E-state index in [1.165, 1.54) is 6.20 Å². The smallest absolute Gasteiger partial charge is 0.274 e. The Kier molecular flexibility index (Phi) is 5.22. The summed E-state index contributed by atoms with van der Waals surface area (Å²) in [5.41, 5.74) is 1.87. The quantitative estimate of drug-likeness (QED) is 0.702. The summed E-state index contributed by atoms with van der Waals surface area (Å²) < 4.78 is 5.36. The molecule has 1 fully saturated rings. The Hall–Kier alpha value is -3.70. The zero-order valence-corrected chi connectivity index (χ0v) is 15.6. The van der Waals surface area contributed by atoms with Crippen molar-refractivity contribution in [3.8, 4) is 11.8 Å². The maximum atomic E-state index is 12.5. The van der Waals surface area contributed by atoms with E-state index >= 15 is 0 Å². The molecule has 1 aromatic carbocycles. The van der Waals surface area contributed by atoms with Crippen LogP contribution in [-0.2, 0) is 11.3 Å². The fraction of sp³-hybridized carbons (Fsp3) is 0.238. The number of hydrogen-bond donors (Lipinski definition) is 2. The molecule has 0 unspecified atom stereocenters. The SMILES string of the molecule is N#Cc1ccc(CNC(=O)c2ncc3nc(N4CCOCC4)ccc3c2O)cc1. The summed E-state index contributed by atoms with van der Waals surface area (Å²) in [6.45, 7) is 3.09. The van der Waals surface area contributed by atoms with Crippen molar-refractivity contribution in [1.29, 1.82) is 5.26 Å². The maximum Gasteiger partial charge on any atom is 0.274 e. The van der Waals surface area contributed by atoms with Gasteiger partial charge in [0.25, 0.3) is 5.91 Å². The highest BCUT2D eigenvalue weighted by molar-refractivity contribution is 6.00. The molecule has 0 aliphatic carbocycles. The lowest BCUT2D eigenvalue weighted by Crippen LogP contribution is -2.36. The highest BCUT2D eigenvalue weighted by Gasteiger charge is 2.18. The zero-order chi connectivity index (χ0) is 20.2. The van der Waals surface area contributed by atoms with Crippen LogP contribution in [-0.4, -0.2) is 47.3 Å². The van der Waals surface area contributed by atoms with Crippen molar-refractivity contribution in [2.45, 2.75) is 6.54 Å². The molecule has 0 spiro atoms. The van der Waals surface area contributed by atoms with Crippen molar-refractivity contribution in [2.24, 2.45) is 0 Å². The van der Waals surface area contributed by atoms with Crippen LogP contribution in [0.15, 0.2) is 42.6 Å². The molecule has 8 nitrogen and oxygen atoms in total. The number of hydrogen-bond acceptors (Lipinski definition) is 7. The summed E-state index contributed by atoms with van der Waals surface area (Å²) in [7, 11) is 0. The molecule has 1 aliphatic heterocycles. The molecular formula is C21H19N5O3. The van der Waals surface area contributed by atoms with Gasteiger partial charge in [-0.05, 0) is 29.8 Å². The third-order valence-corrected chi connectivity index (χ3v) is 4.79. The first-order valence-electron chi connectivity index (χ1n) is 9.24.